The third kappa shape index (κ3) is 11.4. The molecular weight excluding hydrogens is 208 g/mol. The molecule has 4 heteroatoms. The molecule has 3 nitrogen and oxygen atoms in total. The van der Waals surface area contributed by atoms with Crippen LogP contribution in [0.15, 0.2) is 0 Å². The van der Waals surface area contributed by atoms with Gasteiger partial charge in [0.1, 0.15) is 0 Å². The lowest BCUT2D eigenvalue weighted by atomic mass is 10.4. The van der Waals surface area contributed by atoms with Crippen LogP contribution >= 0.6 is 0 Å². The molecule has 0 aromatic rings. The topological polar surface area (TPSA) is 35.5 Å². The third-order valence-corrected chi connectivity index (χ3v) is 3.86. The maximum absolute atomic E-state index is 11.0. The van der Waals surface area contributed by atoms with Crippen molar-refractivity contribution in [3.8, 4) is 0 Å². The van der Waals surface area contributed by atoms with Gasteiger partial charge in [-0.3, -0.25) is 0 Å². The highest BCUT2D eigenvalue weighted by Gasteiger charge is 2.12. The van der Waals surface area contributed by atoms with Crippen LogP contribution in [-0.2, 0) is 9.47 Å². The van der Waals surface area contributed by atoms with Crippen molar-refractivity contribution in [2.75, 3.05) is 13.2 Å². The van der Waals surface area contributed by atoms with Gasteiger partial charge in [-0.2, -0.15) is 0 Å². The van der Waals surface area contributed by atoms with Crippen LogP contribution in [0.2, 0.25) is 25.7 Å². The smallest absolute Gasteiger partial charge is 0.434 e. The predicted molar refractivity (Wildman–Crippen MR) is 65.0 cm³/mol. The van der Waals surface area contributed by atoms with Crippen molar-refractivity contribution in [1.82, 2.24) is 0 Å². The average Bonchev–Trinajstić information content (AvgIpc) is 2.11. The molecule has 0 aliphatic rings. The molecule has 15 heavy (non-hydrogen) atoms. The Morgan fingerprint density at radius 1 is 1.07 bits per heavy atom. The van der Waals surface area contributed by atoms with Crippen LogP contribution in [0.3, 0.4) is 0 Å². The van der Waals surface area contributed by atoms with E-state index in [0.29, 0.717) is 13.2 Å². The van der Waals surface area contributed by atoms with E-state index in [2.05, 4.69) is 26.6 Å². The molecule has 0 N–H and O–H groups in total. The predicted octanol–water partition coefficient (Wildman–Crippen LogP) is 3.67. The van der Waals surface area contributed by atoms with Gasteiger partial charge in [0.2, 0.25) is 0 Å². The second-order valence-electron chi connectivity index (χ2n) is 4.96. The lowest BCUT2D eigenvalue weighted by Gasteiger charge is -2.14. The highest BCUT2D eigenvalue weighted by Crippen LogP contribution is 2.10. The number of unbranched alkanes of at least 4 members (excludes halogenated alkanes) is 1. The number of ether oxygens (including phenoxy) is 2. The summed E-state index contributed by atoms with van der Waals surface area (Å²) in [7, 11) is -0.993. The van der Waals surface area contributed by atoms with Crippen molar-refractivity contribution in [3.63, 3.8) is 0 Å². The molecular formula is C11H24O3Si. The first-order valence-corrected chi connectivity index (χ1v) is 9.46. The van der Waals surface area contributed by atoms with Crippen LogP contribution in [0.5, 0.6) is 0 Å². The highest BCUT2D eigenvalue weighted by molar-refractivity contribution is 6.76. The summed E-state index contributed by atoms with van der Waals surface area (Å²) in [4.78, 5) is 11.0. The number of carbonyl (C=O) groups excluding carboxylic acids is 1. The summed E-state index contributed by atoms with van der Waals surface area (Å²) in [6.07, 6.45) is 2.38. The van der Waals surface area contributed by atoms with Crippen molar-refractivity contribution in [2.24, 2.45) is 0 Å². The molecule has 90 valence electrons. The van der Waals surface area contributed by atoms with Crippen molar-refractivity contribution in [3.05, 3.63) is 0 Å². The van der Waals surface area contributed by atoms with Gasteiger partial charge in [0.25, 0.3) is 0 Å². The minimum absolute atomic E-state index is 0.476. The van der Waals surface area contributed by atoms with Gasteiger partial charge in [0.05, 0.1) is 13.2 Å². The molecule has 0 radical (unpaired) electrons. The SMILES string of the molecule is CCCCOC(=O)OCCC[Si](C)(C)C. The highest BCUT2D eigenvalue weighted by atomic mass is 28.3. The standard InChI is InChI=1S/C11H24O3Si/c1-5-6-8-13-11(12)14-9-7-10-15(2,3)4/h5-10H2,1-4H3. The van der Waals surface area contributed by atoms with Gasteiger partial charge in [0, 0.05) is 8.07 Å². The Balaban J connectivity index is 3.32. The fourth-order valence-corrected chi connectivity index (χ4v) is 2.30. The Labute approximate surface area is 94.2 Å². The van der Waals surface area contributed by atoms with Gasteiger partial charge in [0.15, 0.2) is 0 Å². The zero-order chi connectivity index (χ0) is 11.7. The Bertz CT molecular complexity index is 175. The van der Waals surface area contributed by atoms with Crippen LogP contribution < -0.4 is 0 Å². The van der Waals surface area contributed by atoms with E-state index in [1.807, 2.05) is 0 Å². The molecule has 0 saturated carbocycles. The van der Waals surface area contributed by atoms with E-state index in [-0.39, 0.29) is 0 Å². The molecule has 0 atom stereocenters. The van der Waals surface area contributed by atoms with Crippen molar-refractivity contribution < 1.29 is 14.3 Å². The molecule has 0 unspecified atom stereocenters. The first kappa shape index (κ1) is 14.5. The molecule has 0 spiro atoms. The van der Waals surface area contributed by atoms with Gasteiger partial charge in [-0.25, -0.2) is 4.79 Å². The first-order chi connectivity index (χ1) is 6.95. The summed E-state index contributed by atoms with van der Waals surface area (Å²) in [5.41, 5.74) is 0. The van der Waals surface area contributed by atoms with Gasteiger partial charge in [-0.15, -0.1) is 0 Å². The molecule has 0 fully saturated rings. The van der Waals surface area contributed by atoms with Gasteiger partial charge < -0.3 is 9.47 Å². The number of carbonyl (C=O) groups is 1. The quantitative estimate of drug-likeness (QED) is 0.382. The van der Waals surface area contributed by atoms with Crippen molar-refractivity contribution in [1.29, 1.82) is 0 Å². The first-order valence-electron chi connectivity index (χ1n) is 5.75. The summed E-state index contributed by atoms with van der Waals surface area (Å²) in [6.45, 7) is 9.97. The van der Waals surface area contributed by atoms with Gasteiger partial charge in [-0.05, 0) is 12.8 Å². The Morgan fingerprint density at radius 2 is 1.60 bits per heavy atom. The molecule has 0 heterocycles. The molecule has 0 amide bonds. The summed E-state index contributed by atoms with van der Waals surface area (Å²) in [5, 5.41) is 0. The zero-order valence-electron chi connectivity index (χ0n) is 10.5. The molecule has 0 saturated heterocycles. The molecule has 0 aliphatic heterocycles. The Hall–Kier alpha value is -0.513. The Morgan fingerprint density at radius 3 is 2.07 bits per heavy atom. The molecule has 0 aromatic carbocycles. The van der Waals surface area contributed by atoms with Crippen LogP contribution in [0.1, 0.15) is 26.2 Å². The second-order valence-corrected chi connectivity index (χ2v) is 10.6. The summed E-state index contributed by atoms with van der Waals surface area (Å²) in [5.74, 6) is 0. The summed E-state index contributed by atoms with van der Waals surface area (Å²) < 4.78 is 9.81. The second kappa shape index (κ2) is 7.74. The lowest BCUT2D eigenvalue weighted by Crippen LogP contribution is -2.20. The molecule has 0 bridgehead atoms. The van der Waals surface area contributed by atoms with Crippen LogP contribution in [0.4, 0.5) is 4.79 Å². The number of hydrogen-bond acceptors (Lipinski definition) is 3. The van der Waals surface area contributed by atoms with E-state index in [0.717, 1.165) is 19.3 Å². The fourth-order valence-electron chi connectivity index (χ4n) is 1.10. The average molecular weight is 232 g/mol. The van der Waals surface area contributed by atoms with Crippen LogP contribution in [0, 0.1) is 0 Å². The van der Waals surface area contributed by atoms with E-state index in [1.165, 1.54) is 6.04 Å². The van der Waals surface area contributed by atoms with E-state index < -0.39 is 14.2 Å². The van der Waals surface area contributed by atoms with Crippen molar-refractivity contribution >= 4 is 14.2 Å². The van der Waals surface area contributed by atoms with Crippen molar-refractivity contribution in [2.45, 2.75) is 51.9 Å². The van der Waals surface area contributed by atoms with Crippen LogP contribution in [0.25, 0.3) is 0 Å². The number of hydrogen-bond donors (Lipinski definition) is 0. The third-order valence-electron chi connectivity index (χ3n) is 2.01. The molecule has 0 aromatic heterocycles. The maximum atomic E-state index is 11.0. The van der Waals surface area contributed by atoms with Crippen LogP contribution in [-0.4, -0.2) is 27.4 Å². The minimum Gasteiger partial charge on any atom is -0.434 e. The number of rotatable bonds is 7. The van der Waals surface area contributed by atoms with Gasteiger partial charge >= 0.3 is 6.16 Å². The summed E-state index contributed by atoms with van der Waals surface area (Å²) in [6, 6.07) is 1.19. The molecule has 0 rings (SSSR count). The summed E-state index contributed by atoms with van der Waals surface area (Å²) >= 11 is 0. The maximum Gasteiger partial charge on any atom is 0.508 e. The minimum atomic E-state index is -0.993. The van der Waals surface area contributed by atoms with E-state index in [4.69, 9.17) is 9.47 Å². The largest absolute Gasteiger partial charge is 0.508 e. The normalized spacial score (nSPS) is 11.2. The zero-order valence-corrected chi connectivity index (χ0v) is 11.5. The Kier molecular flexibility index (Phi) is 7.47. The van der Waals surface area contributed by atoms with E-state index >= 15 is 0 Å². The monoisotopic (exact) mass is 232 g/mol. The lowest BCUT2D eigenvalue weighted by molar-refractivity contribution is 0.0545. The van der Waals surface area contributed by atoms with Gasteiger partial charge in [-0.1, -0.05) is 39.0 Å². The molecule has 0 aliphatic carbocycles. The van der Waals surface area contributed by atoms with E-state index in [9.17, 15) is 4.79 Å². The fraction of sp³-hybridized carbons (Fsp3) is 0.909. The van der Waals surface area contributed by atoms with E-state index in [1.54, 1.807) is 0 Å².